The van der Waals surface area contributed by atoms with Gasteiger partial charge in [0.2, 0.25) is 11.0 Å². The first-order valence-electron chi connectivity index (χ1n) is 6.04. The van der Waals surface area contributed by atoms with Crippen LogP contribution in [0.1, 0.15) is 23.9 Å². The predicted octanol–water partition coefficient (Wildman–Crippen LogP) is 2.21. The number of para-hydroxylation sites is 1. The molecule has 2 heterocycles. The van der Waals surface area contributed by atoms with Crippen LogP contribution in [0.2, 0.25) is 0 Å². The van der Waals surface area contributed by atoms with Gasteiger partial charge < -0.3 is 4.52 Å². The minimum atomic E-state index is -0.0235. The second-order valence-corrected chi connectivity index (χ2v) is 5.46. The van der Waals surface area contributed by atoms with Crippen LogP contribution >= 0.6 is 11.8 Å². The fourth-order valence-electron chi connectivity index (χ4n) is 1.67. The van der Waals surface area contributed by atoms with Gasteiger partial charge in [0.05, 0.1) is 10.9 Å². The van der Waals surface area contributed by atoms with Crippen LogP contribution in [0.15, 0.2) is 40.0 Å². The Hall–Kier alpha value is -2.22. The summed E-state index contributed by atoms with van der Waals surface area (Å²) < 4.78 is 6.85. The molecular weight excluding hydrogens is 276 g/mol. The molecular formula is C12H12N6OS. The third kappa shape index (κ3) is 2.55. The van der Waals surface area contributed by atoms with Crippen molar-refractivity contribution in [2.45, 2.75) is 24.3 Å². The molecule has 0 bridgehead atoms. The molecule has 0 aliphatic carbocycles. The van der Waals surface area contributed by atoms with Gasteiger partial charge in [0.15, 0.2) is 5.82 Å². The maximum atomic E-state index is 5.16. The van der Waals surface area contributed by atoms with E-state index in [0.717, 1.165) is 5.69 Å². The number of aryl methyl sites for hydroxylation is 1. The van der Waals surface area contributed by atoms with Gasteiger partial charge in [-0.15, -0.1) is 5.10 Å². The van der Waals surface area contributed by atoms with Crippen molar-refractivity contribution in [3.8, 4) is 5.69 Å². The normalized spacial score (nSPS) is 12.5. The lowest BCUT2D eigenvalue weighted by Crippen LogP contribution is -2.00. The van der Waals surface area contributed by atoms with Crippen molar-refractivity contribution in [2.24, 2.45) is 0 Å². The van der Waals surface area contributed by atoms with Crippen LogP contribution in [-0.4, -0.2) is 30.3 Å². The van der Waals surface area contributed by atoms with Gasteiger partial charge in [0, 0.05) is 0 Å². The first-order valence-corrected chi connectivity index (χ1v) is 6.92. The van der Waals surface area contributed by atoms with Crippen molar-refractivity contribution in [3.63, 3.8) is 0 Å². The zero-order valence-corrected chi connectivity index (χ0v) is 11.8. The molecule has 0 amide bonds. The van der Waals surface area contributed by atoms with Crippen LogP contribution in [-0.2, 0) is 0 Å². The first kappa shape index (κ1) is 12.8. The topological polar surface area (TPSA) is 82.5 Å². The molecule has 3 aromatic rings. The highest BCUT2D eigenvalue weighted by Gasteiger charge is 2.19. The summed E-state index contributed by atoms with van der Waals surface area (Å²) in [5, 5.41) is 16.2. The van der Waals surface area contributed by atoms with Crippen LogP contribution in [0.25, 0.3) is 5.69 Å². The second kappa shape index (κ2) is 5.41. The van der Waals surface area contributed by atoms with E-state index in [0.29, 0.717) is 16.9 Å². The molecule has 7 nitrogen and oxygen atoms in total. The molecule has 102 valence electrons. The maximum absolute atomic E-state index is 5.16. The van der Waals surface area contributed by atoms with Crippen LogP contribution in [0.4, 0.5) is 0 Å². The van der Waals surface area contributed by atoms with E-state index in [2.05, 4.69) is 25.7 Å². The van der Waals surface area contributed by atoms with Crippen LogP contribution in [0.5, 0.6) is 0 Å². The van der Waals surface area contributed by atoms with E-state index in [9.17, 15) is 0 Å². The van der Waals surface area contributed by atoms with Crippen molar-refractivity contribution in [2.75, 3.05) is 0 Å². The van der Waals surface area contributed by atoms with E-state index in [4.69, 9.17) is 4.52 Å². The SMILES string of the molecule is Cc1noc([C@H](C)Sc2nnnn2-c2ccccc2)n1. The van der Waals surface area contributed by atoms with Gasteiger partial charge in [-0.2, -0.15) is 9.67 Å². The molecule has 0 saturated carbocycles. The van der Waals surface area contributed by atoms with E-state index in [1.807, 2.05) is 37.3 Å². The minimum absolute atomic E-state index is 0.0235. The zero-order chi connectivity index (χ0) is 13.9. The Kier molecular flexibility index (Phi) is 3.46. The van der Waals surface area contributed by atoms with Crippen LogP contribution in [0, 0.1) is 6.92 Å². The van der Waals surface area contributed by atoms with Crippen molar-refractivity contribution in [3.05, 3.63) is 42.0 Å². The lowest BCUT2D eigenvalue weighted by Gasteiger charge is -2.06. The molecule has 2 aromatic heterocycles. The van der Waals surface area contributed by atoms with Gasteiger partial charge in [-0.3, -0.25) is 0 Å². The number of thioether (sulfide) groups is 1. The first-order chi connectivity index (χ1) is 9.74. The molecule has 0 saturated heterocycles. The van der Waals surface area contributed by atoms with Gasteiger partial charge >= 0.3 is 0 Å². The van der Waals surface area contributed by atoms with Gasteiger partial charge in [0.25, 0.3) is 0 Å². The summed E-state index contributed by atoms with van der Waals surface area (Å²) in [4.78, 5) is 4.22. The highest BCUT2D eigenvalue weighted by Crippen LogP contribution is 2.32. The van der Waals surface area contributed by atoms with Crippen LogP contribution in [0.3, 0.4) is 0 Å². The predicted molar refractivity (Wildman–Crippen MR) is 72.5 cm³/mol. The Labute approximate surface area is 119 Å². The van der Waals surface area contributed by atoms with Gasteiger partial charge in [-0.05, 0) is 36.4 Å². The van der Waals surface area contributed by atoms with E-state index in [1.165, 1.54) is 11.8 Å². The smallest absolute Gasteiger partial charge is 0.239 e. The lowest BCUT2D eigenvalue weighted by molar-refractivity contribution is 0.376. The number of hydrogen-bond donors (Lipinski definition) is 0. The van der Waals surface area contributed by atoms with Crippen molar-refractivity contribution in [1.82, 2.24) is 30.3 Å². The maximum Gasteiger partial charge on any atom is 0.239 e. The summed E-state index contributed by atoms with van der Waals surface area (Å²) in [5.74, 6) is 1.19. The van der Waals surface area contributed by atoms with Gasteiger partial charge in [0.1, 0.15) is 0 Å². The number of aromatic nitrogens is 6. The largest absolute Gasteiger partial charge is 0.338 e. The molecule has 20 heavy (non-hydrogen) atoms. The summed E-state index contributed by atoms with van der Waals surface area (Å²) in [7, 11) is 0. The molecule has 0 unspecified atom stereocenters. The molecule has 1 atom stereocenters. The summed E-state index contributed by atoms with van der Waals surface area (Å²) >= 11 is 1.47. The number of tetrazole rings is 1. The molecule has 0 N–H and O–H groups in total. The Morgan fingerprint density at radius 1 is 1.25 bits per heavy atom. The molecule has 3 rings (SSSR count). The Morgan fingerprint density at radius 2 is 2.05 bits per heavy atom. The average Bonchev–Trinajstić information content (AvgIpc) is 3.09. The van der Waals surface area contributed by atoms with E-state index in [1.54, 1.807) is 11.6 Å². The van der Waals surface area contributed by atoms with E-state index in [-0.39, 0.29) is 5.25 Å². The minimum Gasteiger partial charge on any atom is -0.338 e. The third-order valence-electron chi connectivity index (χ3n) is 2.61. The zero-order valence-electron chi connectivity index (χ0n) is 11.0. The molecule has 0 aliphatic heterocycles. The summed E-state index contributed by atoms with van der Waals surface area (Å²) in [6.07, 6.45) is 0. The molecule has 0 radical (unpaired) electrons. The molecule has 0 spiro atoms. The quantitative estimate of drug-likeness (QED) is 0.680. The van der Waals surface area contributed by atoms with E-state index < -0.39 is 0 Å². The Morgan fingerprint density at radius 3 is 2.75 bits per heavy atom. The fraction of sp³-hybridized carbons (Fsp3) is 0.250. The Balaban J connectivity index is 1.84. The van der Waals surface area contributed by atoms with Crippen molar-refractivity contribution < 1.29 is 4.52 Å². The standard InChI is InChI=1S/C12H12N6OS/c1-8(11-13-9(2)15-19-11)20-12-14-16-17-18(12)10-6-4-3-5-7-10/h3-8H,1-2H3/t8-/m0/s1. The highest BCUT2D eigenvalue weighted by molar-refractivity contribution is 7.99. The summed E-state index contributed by atoms with van der Waals surface area (Å²) in [6, 6.07) is 9.72. The third-order valence-corrected chi connectivity index (χ3v) is 3.64. The molecule has 8 heteroatoms. The molecule has 0 fully saturated rings. The monoisotopic (exact) mass is 288 g/mol. The van der Waals surface area contributed by atoms with E-state index >= 15 is 0 Å². The van der Waals surface area contributed by atoms with Crippen molar-refractivity contribution >= 4 is 11.8 Å². The summed E-state index contributed by atoms with van der Waals surface area (Å²) in [5.41, 5.74) is 0.911. The van der Waals surface area contributed by atoms with Gasteiger partial charge in [-0.1, -0.05) is 35.1 Å². The number of hydrogen-bond acceptors (Lipinski definition) is 7. The second-order valence-electron chi connectivity index (χ2n) is 4.15. The molecule has 0 aliphatic rings. The highest BCUT2D eigenvalue weighted by atomic mass is 32.2. The Bertz CT molecular complexity index is 695. The summed E-state index contributed by atoms with van der Waals surface area (Å²) in [6.45, 7) is 3.76. The lowest BCUT2D eigenvalue weighted by atomic mass is 10.3. The fourth-order valence-corrected chi connectivity index (χ4v) is 2.51. The van der Waals surface area contributed by atoms with Crippen molar-refractivity contribution in [1.29, 1.82) is 0 Å². The average molecular weight is 288 g/mol. The number of benzene rings is 1. The van der Waals surface area contributed by atoms with Crippen LogP contribution < -0.4 is 0 Å². The molecule has 1 aromatic carbocycles. The number of nitrogens with zero attached hydrogens (tertiary/aromatic N) is 6. The van der Waals surface area contributed by atoms with Gasteiger partial charge in [-0.25, -0.2) is 0 Å². The number of rotatable bonds is 4.